The van der Waals surface area contributed by atoms with Crippen molar-refractivity contribution < 1.29 is 0 Å². The molecule has 0 saturated carbocycles. The van der Waals surface area contributed by atoms with E-state index < -0.39 is 0 Å². The van der Waals surface area contributed by atoms with Crippen LogP contribution in [0.1, 0.15) is 12.5 Å². The Kier molecular flexibility index (Phi) is 2.46. The summed E-state index contributed by atoms with van der Waals surface area (Å²) in [5.41, 5.74) is 1.10. The molecule has 2 heteroatoms. The van der Waals surface area contributed by atoms with E-state index in [2.05, 4.69) is 12.6 Å². The minimum atomic E-state index is 0.924. The van der Waals surface area contributed by atoms with Gasteiger partial charge in [0.1, 0.15) is 0 Å². The van der Waals surface area contributed by atoms with Gasteiger partial charge in [-0.15, -0.1) is 12.6 Å². The van der Waals surface area contributed by atoms with Crippen LogP contribution >= 0.6 is 24.8 Å². The summed E-state index contributed by atoms with van der Waals surface area (Å²) < 4.78 is 0. The molecule has 0 fully saturated rings. The highest BCUT2D eigenvalue weighted by Crippen LogP contribution is 2.08. The molecule has 0 bridgehead atoms. The van der Waals surface area contributed by atoms with Crippen LogP contribution in [-0.4, -0.2) is 4.86 Å². The number of benzene rings is 1. The van der Waals surface area contributed by atoms with Crippen molar-refractivity contribution in [2.45, 2.75) is 11.8 Å². The molecule has 0 aliphatic rings. The van der Waals surface area contributed by atoms with E-state index >= 15 is 0 Å². The van der Waals surface area contributed by atoms with Crippen LogP contribution in [0.25, 0.3) is 0 Å². The number of thiocarbonyl (C=S) groups is 1. The van der Waals surface area contributed by atoms with Crippen molar-refractivity contribution in [2.24, 2.45) is 0 Å². The maximum absolute atomic E-state index is 4.98. The van der Waals surface area contributed by atoms with Crippen LogP contribution in [0.5, 0.6) is 0 Å². The molecule has 1 aromatic rings. The van der Waals surface area contributed by atoms with Crippen molar-refractivity contribution in [3.63, 3.8) is 0 Å². The Morgan fingerprint density at radius 1 is 1.30 bits per heavy atom. The van der Waals surface area contributed by atoms with E-state index in [0.29, 0.717) is 0 Å². The molecule has 0 nitrogen and oxygen atoms in total. The summed E-state index contributed by atoms with van der Waals surface area (Å²) >= 11 is 9.14. The molecule has 0 aromatic heterocycles. The lowest BCUT2D eigenvalue weighted by Gasteiger charge is -1.95. The Hall–Kier alpha value is -0.340. The van der Waals surface area contributed by atoms with Crippen molar-refractivity contribution in [3.8, 4) is 0 Å². The van der Waals surface area contributed by atoms with Crippen LogP contribution in [0.15, 0.2) is 29.2 Å². The highest BCUT2D eigenvalue weighted by Gasteiger charge is 1.91. The van der Waals surface area contributed by atoms with Crippen LogP contribution < -0.4 is 0 Å². The van der Waals surface area contributed by atoms with E-state index in [4.69, 9.17) is 12.2 Å². The number of thiol groups is 1. The maximum Gasteiger partial charge on any atom is 0.0193 e. The SMILES string of the molecule is CC(=S)c1ccc(S)cc1. The molecule has 0 spiro atoms. The van der Waals surface area contributed by atoms with Gasteiger partial charge in [-0.2, -0.15) is 0 Å². The van der Waals surface area contributed by atoms with Crippen molar-refractivity contribution in [2.75, 3.05) is 0 Å². The summed E-state index contributed by atoms with van der Waals surface area (Å²) in [6, 6.07) is 7.83. The van der Waals surface area contributed by atoms with E-state index in [1.54, 1.807) is 0 Å². The molecule has 0 aliphatic heterocycles. The average molecular weight is 168 g/mol. The average Bonchev–Trinajstić information content (AvgIpc) is 1.88. The highest BCUT2D eigenvalue weighted by atomic mass is 32.1. The third kappa shape index (κ3) is 1.82. The molecule has 0 amide bonds. The molecule has 10 heavy (non-hydrogen) atoms. The molecule has 0 aliphatic carbocycles. The monoisotopic (exact) mass is 168 g/mol. The van der Waals surface area contributed by atoms with E-state index in [1.165, 1.54) is 0 Å². The van der Waals surface area contributed by atoms with E-state index in [0.717, 1.165) is 15.3 Å². The summed E-state index contributed by atoms with van der Waals surface area (Å²) in [6.45, 7) is 1.92. The molecule has 0 heterocycles. The molecular weight excluding hydrogens is 160 g/mol. The minimum Gasteiger partial charge on any atom is -0.143 e. The predicted octanol–water partition coefficient (Wildman–Crippen LogP) is 2.71. The van der Waals surface area contributed by atoms with Gasteiger partial charge in [0.15, 0.2) is 0 Å². The fourth-order valence-electron chi connectivity index (χ4n) is 0.696. The van der Waals surface area contributed by atoms with E-state index in [-0.39, 0.29) is 0 Å². The topological polar surface area (TPSA) is 0 Å². The normalized spacial score (nSPS) is 9.40. The second kappa shape index (κ2) is 3.17. The first-order valence-electron chi connectivity index (χ1n) is 3.00. The minimum absolute atomic E-state index is 0.924. The van der Waals surface area contributed by atoms with Crippen molar-refractivity contribution in [1.82, 2.24) is 0 Å². The van der Waals surface area contributed by atoms with Crippen LogP contribution in [0, 0.1) is 0 Å². The van der Waals surface area contributed by atoms with Crippen LogP contribution in [0.2, 0.25) is 0 Å². The van der Waals surface area contributed by atoms with Gasteiger partial charge in [0.05, 0.1) is 0 Å². The van der Waals surface area contributed by atoms with Gasteiger partial charge in [-0.05, 0) is 24.6 Å². The Balaban J connectivity index is 3.00. The zero-order chi connectivity index (χ0) is 7.56. The first kappa shape index (κ1) is 7.76. The molecule has 0 N–H and O–H groups in total. The summed E-state index contributed by atoms with van der Waals surface area (Å²) in [4.78, 5) is 1.90. The van der Waals surface area contributed by atoms with Gasteiger partial charge in [0.25, 0.3) is 0 Å². The van der Waals surface area contributed by atoms with E-state index in [1.807, 2.05) is 31.2 Å². The zero-order valence-electron chi connectivity index (χ0n) is 5.66. The lowest BCUT2D eigenvalue weighted by molar-refractivity contribution is 1.46. The lowest BCUT2D eigenvalue weighted by atomic mass is 10.2. The Labute approximate surface area is 71.7 Å². The molecule has 52 valence electrons. The first-order chi connectivity index (χ1) is 4.70. The van der Waals surface area contributed by atoms with Gasteiger partial charge in [0.2, 0.25) is 0 Å². The largest absolute Gasteiger partial charge is 0.143 e. The van der Waals surface area contributed by atoms with Gasteiger partial charge < -0.3 is 0 Å². The predicted molar refractivity (Wildman–Crippen MR) is 51.1 cm³/mol. The number of rotatable bonds is 1. The summed E-state index contributed by atoms with van der Waals surface area (Å²) in [7, 11) is 0. The molecule has 1 rings (SSSR count). The van der Waals surface area contributed by atoms with E-state index in [9.17, 15) is 0 Å². The second-order valence-electron chi connectivity index (χ2n) is 2.10. The molecule has 0 atom stereocenters. The first-order valence-corrected chi connectivity index (χ1v) is 3.85. The second-order valence-corrected chi connectivity index (χ2v) is 3.23. The van der Waals surface area contributed by atoms with Crippen molar-refractivity contribution in [3.05, 3.63) is 29.8 Å². The van der Waals surface area contributed by atoms with Gasteiger partial charge in [-0.1, -0.05) is 24.4 Å². The third-order valence-corrected chi connectivity index (χ3v) is 1.81. The third-order valence-electron chi connectivity index (χ3n) is 1.27. The van der Waals surface area contributed by atoms with Crippen molar-refractivity contribution in [1.29, 1.82) is 0 Å². The Morgan fingerprint density at radius 3 is 2.20 bits per heavy atom. The number of hydrogen-bond donors (Lipinski definition) is 1. The lowest BCUT2D eigenvalue weighted by Crippen LogP contribution is -1.87. The Morgan fingerprint density at radius 2 is 1.80 bits per heavy atom. The van der Waals surface area contributed by atoms with Crippen LogP contribution in [-0.2, 0) is 0 Å². The van der Waals surface area contributed by atoms with Crippen LogP contribution in [0.4, 0.5) is 0 Å². The Bertz CT molecular complexity index is 236. The van der Waals surface area contributed by atoms with Gasteiger partial charge in [0, 0.05) is 9.76 Å². The summed E-state index contributed by atoms with van der Waals surface area (Å²) in [6.07, 6.45) is 0. The summed E-state index contributed by atoms with van der Waals surface area (Å²) in [5, 5.41) is 0. The fourth-order valence-corrected chi connectivity index (χ4v) is 0.981. The molecular formula is C8H8S2. The molecule has 0 radical (unpaired) electrons. The summed E-state index contributed by atoms with van der Waals surface area (Å²) in [5.74, 6) is 0. The molecule has 0 unspecified atom stereocenters. The highest BCUT2D eigenvalue weighted by molar-refractivity contribution is 7.80. The van der Waals surface area contributed by atoms with Crippen LogP contribution in [0.3, 0.4) is 0 Å². The van der Waals surface area contributed by atoms with Gasteiger partial charge in [-0.3, -0.25) is 0 Å². The maximum atomic E-state index is 4.98. The molecule has 0 saturated heterocycles. The quantitative estimate of drug-likeness (QED) is 0.382. The molecule has 1 aromatic carbocycles. The smallest absolute Gasteiger partial charge is 0.0193 e. The van der Waals surface area contributed by atoms with Crippen molar-refractivity contribution >= 4 is 29.7 Å². The van der Waals surface area contributed by atoms with Gasteiger partial charge in [-0.25, -0.2) is 0 Å². The number of hydrogen-bond acceptors (Lipinski definition) is 2. The standard InChI is InChI=1S/C8H8S2/c1-6(9)7-2-4-8(10)5-3-7/h2-5,10H,1H3. The van der Waals surface area contributed by atoms with Gasteiger partial charge >= 0.3 is 0 Å². The zero-order valence-corrected chi connectivity index (χ0v) is 7.38. The fraction of sp³-hybridized carbons (Fsp3) is 0.125.